The molecule has 33 heavy (non-hydrogen) atoms. The first-order valence-electron chi connectivity index (χ1n) is 11.0. The number of hydrogen-bond acceptors (Lipinski definition) is 7. The average Bonchev–Trinajstić information content (AvgIpc) is 3.30. The van der Waals surface area contributed by atoms with Crippen LogP contribution in [-0.2, 0) is 14.8 Å². The van der Waals surface area contributed by atoms with Gasteiger partial charge in [-0.05, 0) is 42.8 Å². The van der Waals surface area contributed by atoms with Crippen molar-refractivity contribution in [1.29, 1.82) is 0 Å². The number of benzene rings is 2. The number of para-hydroxylation sites is 1. The van der Waals surface area contributed by atoms with E-state index in [9.17, 15) is 13.2 Å². The Bertz CT molecular complexity index is 1260. The van der Waals surface area contributed by atoms with E-state index in [1.54, 1.807) is 23.5 Å². The van der Waals surface area contributed by atoms with Gasteiger partial charge in [-0.2, -0.15) is 4.31 Å². The van der Waals surface area contributed by atoms with E-state index in [1.807, 2.05) is 11.0 Å². The van der Waals surface area contributed by atoms with Gasteiger partial charge in [0.25, 0.3) is 5.91 Å². The van der Waals surface area contributed by atoms with Crippen molar-refractivity contribution in [3.05, 3.63) is 53.6 Å². The highest BCUT2D eigenvalue weighted by Gasteiger charge is 2.28. The van der Waals surface area contributed by atoms with Gasteiger partial charge in [-0.15, -0.1) is 0 Å². The minimum Gasteiger partial charge on any atom is -0.379 e. The Hall–Kier alpha value is -2.53. The number of carbonyl (C=O) groups is 1. The van der Waals surface area contributed by atoms with Crippen LogP contribution in [0, 0.1) is 6.92 Å². The summed E-state index contributed by atoms with van der Waals surface area (Å²) in [5.41, 5.74) is 2.71. The summed E-state index contributed by atoms with van der Waals surface area (Å²) in [6.45, 7) is 6.20. The van der Waals surface area contributed by atoms with Crippen molar-refractivity contribution in [2.45, 2.75) is 11.8 Å². The number of fused-ring (bicyclic) bond motifs is 1. The first kappa shape index (κ1) is 22.3. The second-order valence-electron chi connectivity index (χ2n) is 8.24. The number of thiazole rings is 1. The summed E-state index contributed by atoms with van der Waals surface area (Å²) < 4.78 is 33.4. The standard InChI is InChI=1S/C23H26N4O4S2/c1-17-3-2-4-20-21(17)24-23(32-20)26-11-9-25(10-12-26)22(28)18-5-7-19(8-6-18)33(29,30)27-13-15-31-16-14-27/h2-8H,9-16H2,1H3. The molecule has 5 rings (SSSR count). The molecule has 3 heterocycles. The number of sulfonamides is 1. The van der Waals surface area contributed by atoms with Crippen LogP contribution in [0.25, 0.3) is 10.2 Å². The molecule has 2 aromatic carbocycles. The SMILES string of the molecule is Cc1cccc2sc(N3CCN(C(=O)c4ccc(S(=O)(=O)N5CCOCC5)cc4)CC3)nc12. The number of rotatable bonds is 4. The van der Waals surface area contributed by atoms with Crippen LogP contribution in [0.1, 0.15) is 15.9 Å². The van der Waals surface area contributed by atoms with Gasteiger partial charge in [0.15, 0.2) is 5.13 Å². The highest BCUT2D eigenvalue weighted by atomic mass is 32.2. The molecule has 2 saturated heterocycles. The van der Waals surface area contributed by atoms with Crippen LogP contribution in [0.2, 0.25) is 0 Å². The summed E-state index contributed by atoms with van der Waals surface area (Å²) in [6.07, 6.45) is 0. The molecule has 2 fully saturated rings. The van der Waals surface area contributed by atoms with E-state index in [4.69, 9.17) is 9.72 Å². The maximum Gasteiger partial charge on any atom is 0.253 e. The smallest absolute Gasteiger partial charge is 0.253 e. The molecule has 0 spiro atoms. The molecule has 174 valence electrons. The molecule has 2 aliphatic heterocycles. The van der Waals surface area contributed by atoms with Gasteiger partial charge in [-0.1, -0.05) is 23.5 Å². The van der Waals surface area contributed by atoms with Crippen molar-refractivity contribution in [2.75, 3.05) is 57.4 Å². The fourth-order valence-corrected chi connectivity index (χ4v) is 6.70. The van der Waals surface area contributed by atoms with Gasteiger partial charge in [0.05, 0.1) is 28.3 Å². The third-order valence-electron chi connectivity index (χ3n) is 6.16. The maximum atomic E-state index is 13.0. The molecule has 2 aliphatic rings. The fraction of sp³-hybridized carbons (Fsp3) is 0.391. The van der Waals surface area contributed by atoms with Crippen LogP contribution in [0.5, 0.6) is 0 Å². The van der Waals surface area contributed by atoms with Gasteiger partial charge in [-0.25, -0.2) is 13.4 Å². The second kappa shape index (κ2) is 9.02. The van der Waals surface area contributed by atoms with E-state index in [1.165, 1.54) is 26.7 Å². The highest BCUT2D eigenvalue weighted by molar-refractivity contribution is 7.89. The topological polar surface area (TPSA) is 83.1 Å². The minimum absolute atomic E-state index is 0.0786. The van der Waals surface area contributed by atoms with E-state index in [2.05, 4.69) is 24.0 Å². The Morgan fingerprint density at radius 2 is 1.67 bits per heavy atom. The molecular weight excluding hydrogens is 460 g/mol. The molecule has 0 unspecified atom stereocenters. The predicted molar refractivity (Wildman–Crippen MR) is 128 cm³/mol. The van der Waals surface area contributed by atoms with Gasteiger partial charge in [0, 0.05) is 44.8 Å². The Kier molecular flexibility index (Phi) is 6.09. The molecule has 1 amide bonds. The largest absolute Gasteiger partial charge is 0.379 e. The zero-order valence-electron chi connectivity index (χ0n) is 18.4. The lowest BCUT2D eigenvalue weighted by Crippen LogP contribution is -2.48. The van der Waals surface area contributed by atoms with E-state index in [0.717, 1.165) is 10.6 Å². The molecule has 8 nitrogen and oxygen atoms in total. The van der Waals surface area contributed by atoms with Crippen molar-refractivity contribution >= 4 is 42.6 Å². The molecule has 0 N–H and O–H groups in total. The molecule has 0 radical (unpaired) electrons. The number of carbonyl (C=O) groups excluding carboxylic acids is 1. The van der Waals surface area contributed by atoms with Crippen LogP contribution in [0.4, 0.5) is 5.13 Å². The summed E-state index contributed by atoms with van der Waals surface area (Å²) in [5.74, 6) is -0.0786. The summed E-state index contributed by atoms with van der Waals surface area (Å²) in [7, 11) is -3.57. The second-order valence-corrected chi connectivity index (χ2v) is 11.2. The third-order valence-corrected chi connectivity index (χ3v) is 9.15. The third kappa shape index (κ3) is 4.35. The number of ether oxygens (including phenoxy) is 1. The van der Waals surface area contributed by atoms with Crippen LogP contribution in [0.15, 0.2) is 47.4 Å². The Morgan fingerprint density at radius 3 is 2.33 bits per heavy atom. The lowest BCUT2D eigenvalue weighted by Gasteiger charge is -2.34. The maximum absolute atomic E-state index is 13.0. The predicted octanol–water partition coefficient (Wildman–Crippen LogP) is 2.59. The van der Waals surface area contributed by atoms with Crippen molar-refractivity contribution in [3.8, 4) is 0 Å². The normalized spacial score (nSPS) is 18.1. The Labute approximate surface area is 197 Å². The number of hydrogen-bond donors (Lipinski definition) is 0. The van der Waals surface area contributed by atoms with E-state index in [0.29, 0.717) is 58.0 Å². The summed E-state index contributed by atoms with van der Waals surface area (Å²) in [6, 6.07) is 12.5. The number of nitrogens with zero attached hydrogens (tertiary/aromatic N) is 4. The van der Waals surface area contributed by atoms with Crippen LogP contribution < -0.4 is 4.90 Å². The number of aryl methyl sites for hydroxylation is 1. The lowest BCUT2D eigenvalue weighted by molar-refractivity contribution is 0.0730. The number of piperazine rings is 1. The number of morpholine rings is 1. The molecule has 0 atom stereocenters. The van der Waals surface area contributed by atoms with E-state index in [-0.39, 0.29) is 10.8 Å². The zero-order valence-corrected chi connectivity index (χ0v) is 20.1. The summed E-state index contributed by atoms with van der Waals surface area (Å²) in [5, 5.41) is 0.990. The lowest BCUT2D eigenvalue weighted by atomic mass is 10.2. The van der Waals surface area contributed by atoms with E-state index < -0.39 is 10.0 Å². The first-order valence-corrected chi connectivity index (χ1v) is 13.3. The zero-order chi connectivity index (χ0) is 23.0. The Morgan fingerprint density at radius 1 is 0.970 bits per heavy atom. The monoisotopic (exact) mass is 486 g/mol. The molecule has 3 aromatic rings. The van der Waals surface area contributed by atoms with Crippen molar-refractivity contribution in [1.82, 2.24) is 14.2 Å². The van der Waals surface area contributed by atoms with Crippen molar-refractivity contribution < 1.29 is 17.9 Å². The summed E-state index contributed by atoms with van der Waals surface area (Å²) >= 11 is 1.68. The van der Waals surface area contributed by atoms with Crippen molar-refractivity contribution in [2.24, 2.45) is 0 Å². The molecular formula is C23H26N4O4S2. The van der Waals surface area contributed by atoms with Crippen LogP contribution in [-0.4, -0.2) is 81.0 Å². The van der Waals surface area contributed by atoms with E-state index >= 15 is 0 Å². The van der Waals surface area contributed by atoms with Gasteiger partial charge in [-0.3, -0.25) is 4.79 Å². The molecule has 0 bridgehead atoms. The van der Waals surface area contributed by atoms with Gasteiger partial charge in [0.2, 0.25) is 10.0 Å². The van der Waals surface area contributed by atoms with Crippen molar-refractivity contribution in [3.63, 3.8) is 0 Å². The molecule has 10 heteroatoms. The van der Waals surface area contributed by atoms with Gasteiger partial charge < -0.3 is 14.5 Å². The summed E-state index contributed by atoms with van der Waals surface area (Å²) in [4.78, 5) is 22.1. The average molecular weight is 487 g/mol. The first-order chi connectivity index (χ1) is 15.9. The van der Waals surface area contributed by atoms with Crippen LogP contribution in [0.3, 0.4) is 0 Å². The fourth-order valence-electron chi connectivity index (χ4n) is 4.20. The molecule has 0 saturated carbocycles. The number of anilines is 1. The number of amides is 1. The number of aromatic nitrogens is 1. The highest BCUT2D eigenvalue weighted by Crippen LogP contribution is 2.31. The molecule has 1 aromatic heterocycles. The van der Waals surface area contributed by atoms with Crippen LogP contribution >= 0.6 is 11.3 Å². The Balaban J connectivity index is 1.24. The molecule has 0 aliphatic carbocycles. The van der Waals surface area contributed by atoms with Gasteiger partial charge >= 0.3 is 0 Å². The minimum atomic E-state index is -3.57. The van der Waals surface area contributed by atoms with Gasteiger partial charge in [0.1, 0.15) is 0 Å². The quantitative estimate of drug-likeness (QED) is 0.564.